The van der Waals surface area contributed by atoms with Crippen LogP contribution in [0.5, 0.6) is 0 Å². The lowest BCUT2D eigenvalue weighted by Gasteiger charge is -2.20. The van der Waals surface area contributed by atoms with Gasteiger partial charge in [-0.2, -0.15) is 0 Å². The number of halogens is 1. The standard InChI is InChI=1S/C6H5ClN2O5/c7-5-4(8(11)12)2-1-3-6(5,10)9(13)14/h1-3,5,10H. The van der Waals surface area contributed by atoms with Crippen molar-refractivity contribution in [3.05, 3.63) is 44.2 Å². The van der Waals surface area contributed by atoms with Gasteiger partial charge in [0.05, 0.1) is 9.85 Å². The van der Waals surface area contributed by atoms with E-state index in [-0.39, 0.29) is 0 Å². The summed E-state index contributed by atoms with van der Waals surface area (Å²) in [5, 5.41) is 28.5. The Morgan fingerprint density at radius 2 is 2.07 bits per heavy atom. The molecule has 0 amide bonds. The monoisotopic (exact) mass is 220 g/mol. The molecule has 2 atom stereocenters. The number of allylic oxidation sites excluding steroid dienone is 2. The summed E-state index contributed by atoms with van der Waals surface area (Å²) >= 11 is 5.43. The average Bonchev–Trinajstić information content (AvgIpc) is 2.09. The van der Waals surface area contributed by atoms with Crippen molar-refractivity contribution >= 4 is 11.6 Å². The van der Waals surface area contributed by atoms with Gasteiger partial charge in [0.1, 0.15) is 0 Å². The Kier molecular flexibility index (Phi) is 2.54. The van der Waals surface area contributed by atoms with Crippen LogP contribution in [0.3, 0.4) is 0 Å². The third kappa shape index (κ3) is 1.47. The Morgan fingerprint density at radius 3 is 2.50 bits per heavy atom. The second-order valence-electron chi connectivity index (χ2n) is 2.61. The number of hydrogen-bond acceptors (Lipinski definition) is 5. The van der Waals surface area contributed by atoms with Crippen LogP contribution in [0.25, 0.3) is 0 Å². The largest absolute Gasteiger partial charge is 0.369 e. The predicted molar refractivity (Wildman–Crippen MR) is 45.8 cm³/mol. The first-order valence-electron chi connectivity index (χ1n) is 3.44. The van der Waals surface area contributed by atoms with Crippen molar-refractivity contribution in [2.45, 2.75) is 11.1 Å². The number of aliphatic hydroxyl groups is 1. The lowest BCUT2D eigenvalue weighted by Crippen LogP contribution is -2.48. The van der Waals surface area contributed by atoms with Crippen molar-refractivity contribution in [3.8, 4) is 0 Å². The van der Waals surface area contributed by atoms with E-state index in [1.54, 1.807) is 0 Å². The maximum absolute atomic E-state index is 10.4. The minimum Gasteiger partial charge on any atom is -0.326 e. The minimum absolute atomic E-state index is 0.603. The molecule has 7 nitrogen and oxygen atoms in total. The first-order chi connectivity index (χ1) is 6.39. The Morgan fingerprint density at radius 1 is 1.50 bits per heavy atom. The van der Waals surface area contributed by atoms with Gasteiger partial charge in [0.2, 0.25) is 5.38 Å². The molecular weight excluding hydrogens is 216 g/mol. The average molecular weight is 221 g/mol. The molecule has 0 aromatic carbocycles. The van der Waals surface area contributed by atoms with Crippen LogP contribution in [0.1, 0.15) is 0 Å². The lowest BCUT2D eigenvalue weighted by molar-refractivity contribution is -0.611. The molecule has 1 N–H and O–H groups in total. The van der Waals surface area contributed by atoms with Gasteiger partial charge in [-0.1, -0.05) is 11.6 Å². The highest BCUT2D eigenvalue weighted by atomic mass is 35.5. The molecule has 0 saturated carbocycles. The van der Waals surface area contributed by atoms with Crippen molar-refractivity contribution < 1.29 is 15.0 Å². The molecule has 0 radical (unpaired) electrons. The molecule has 0 bridgehead atoms. The van der Waals surface area contributed by atoms with E-state index in [0.29, 0.717) is 0 Å². The van der Waals surface area contributed by atoms with E-state index in [2.05, 4.69) is 0 Å². The molecular formula is C6H5ClN2O5. The summed E-state index contributed by atoms with van der Waals surface area (Å²) < 4.78 is 0. The molecule has 0 saturated heterocycles. The molecule has 0 aromatic rings. The van der Waals surface area contributed by atoms with E-state index >= 15 is 0 Å². The molecule has 0 fully saturated rings. The molecule has 14 heavy (non-hydrogen) atoms. The van der Waals surface area contributed by atoms with Crippen LogP contribution in [0.15, 0.2) is 23.9 Å². The normalized spacial score (nSPS) is 31.0. The third-order valence-electron chi connectivity index (χ3n) is 1.74. The van der Waals surface area contributed by atoms with Gasteiger partial charge < -0.3 is 5.11 Å². The van der Waals surface area contributed by atoms with E-state index in [0.717, 1.165) is 18.2 Å². The van der Waals surface area contributed by atoms with Crippen LogP contribution in [0.4, 0.5) is 0 Å². The zero-order valence-electron chi connectivity index (χ0n) is 6.66. The van der Waals surface area contributed by atoms with Gasteiger partial charge in [-0.3, -0.25) is 20.2 Å². The van der Waals surface area contributed by atoms with Crippen molar-refractivity contribution in [2.75, 3.05) is 0 Å². The number of alkyl halides is 1. The summed E-state index contributed by atoms with van der Waals surface area (Å²) in [6.45, 7) is 0. The summed E-state index contributed by atoms with van der Waals surface area (Å²) in [4.78, 5) is 18.8. The van der Waals surface area contributed by atoms with E-state index in [1.165, 1.54) is 0 Å². The van der Waals surface area contributed by atoms with E-state index < -0.39 is 26.6 Å². The molecule has 8 heteroatoms. The Labute approximate surface area is 82.6 Å². The summed E-state index contributed by atoms with van der Waals surface area (Å²) in [6.07, 6.45) is 2.84. The van der Waals surface area contributed by atoms with Crippen molar-refractivity contribution in [2.24, 2.45) is 0 Å². The fourth-order valence-electron chi connectivity index (χ4n) is 0.982. The molecule has 76 valence electrons. The van der Waals surface area contributed by atoms with Crippen LogP contribution < -0.4 is 0 Å². The fourth-order valence-corrected chi connectivity index (χ4v) is 1.29. The van der Waals surface area contributed by atoms with Crippen LogP contribution in [-0.2, 0) is 0 Å². The van der Waals surface area contributed by atoms with Gasteiger partial charge in [-0.05, 0) is 6.08 Å². The lowest BCUT2D eigenvalue weighted by atomic mass is 10.0. The highest BCUT2D eigenvalue weighted by molar-refractivity contribution is 6.23. The summed E-state index contributed by atoms with van der Waals surface area (Å²) in [6, 6.07) is 0. The van der Waals surface area contributed by atoms with E-state index in [1.807, 2.05) is 0 Å². The van der Waals surface area contributed by atoms with Crippen LogP contribution in [-0.4, -0.2) is 26.1 Å². The summed E-state index contributed by atoms with van der Waals surface area (Å²) in [5.41, 5.74) is -3.22. The van der Waals surface area contributed by atoms with Crippen LogP contribution in [0.2, 0.25) is 0 Å². The molecule has 1 rings (SSSR count). The fraction of sp³-hybridized carbons (Fsp3) is 0.333. The zero-order valence-corrected chi connectivity index (χ0v) is 7.42. The topological polar surface area (TPSA) is 107 Å². The Balaban J connectivity index is 3.11. The van der Waals surface area contributed by atoms with Gasteiger partial charge in [-0.25, -0.2) is 0 Å². The maximum Gasteiger partial charge on any atom is 0.369 e. The molecule has 0 spiro atoms. The highest BCUT2D eigenvalue weighted by Crippen LogP contribution is 2.29. The van der Waals surface area contributed by atoms with Gasteiger partial charge in [0, 0.05) is 12.2 Å². The number of hydrogen-bond donors (Lipinski definition) is 1. The number of nitrogens with zero attached hydrogens (tertiary/aromatic N) is 2. The van der Waals surface area contributed by atoms with Crippen LogP contribution in [0, 0.1) is 20.2 Å². The third-order valence-corrected chi connectivity index (χ3v) is 2.29. The van der Waals surface area contributed by atoms with Gasteiger partial charge in [0.15, 0.2) is 0 Å². The molecule has 1 aliphatic rings. The second kappa shape index (κ2) is 3.35. The quantitative estimate of drug-likeness (QED) is 0.311. The first kappa shape index (κ1) is 10.6. The number of nitro groups is 2. The maximum atomic E-state index is 10.4. The highest BCUT2D eigenvalue weighted by Gasteiger charge is 2.53. The zero-order chi connectivity index (χ0) is 10.9. The van der Waals surface area contributed by atoms with Crippen LogP contribution >= 0.6 is 11.6 Å². The van der Waals surface area contributed by atoms with Gasteiger partial charge in [0.25, 0.3) is 5.70 Å². The second-order valence-corrected chi connectivity index (χ2v) is 3.05. The van der Waals surface area contributed by atoms with Crippen molar-refractivity contribution in [3.63, 3.8) is 0 Å². The summed E-state index contributed by atoms with van der Waals surface area (Å²) in [5.74, 6) is 0. The summed E-state index contributed by atoms with van der Waals surface area (Å²) in [7, 11) is 0. The van der Waals surface area contributed by atoms with Crippen molar-refractivity contribution in [1.82, 2.24) is 0 Å². The molecule has 0 heterocycles. The molecule has 2 unspecified atom stereocenters. The van der Waals surface area contributed by atoms with Gasteiger partial charge >= 0.3 is 5.72 Å². The SMILES string of the molecule is O=[N+]([O-])C1=CC=CC(O)([N+](=O)[O-])C1Cl. The van der Waals surface area contributed by atoms with E-state index in [9.17, 15) is 25.3 Å². The molecule has 0 aliphatic heterocycles. The van der Waals surface area contributed by atoms with E-state index in [4.69, 9.17) is 11.6 Å². The molecule has 0 aromatic heterocycles. The first-order valence-corrected chi connectivity index (χ1v) is 3.88. The number of rotatable bonds is 2. The molecule has 1 aliphatic carbocycles. The minimum atomic E-state index is -2.61. The predicted octanol–water partition coefficient (Wildman–Crippen LogP) is 0.289. The Bertz CT molecular complexity index is 352. The van der Waals surface area contributed by atoms with Crippen molar-refractivity contribution in [1.29, 1.82) is 0 Å². The Hall–Kier alpha value is -1.47. The van der Waals surface area contributed by atoms with Gasteiger partial charge in [-0.15, -0.1) is 0 Å². The smallest absolute Gasteiger partial charge is 0.326 e.